The fourth-order valence-electron chi connectivity index (χ4n) is 3.46. The van der Waals surface area contributed by atoms with Gasteiger partial charge in [0, 0.05) is 19.0 Å². The quantitative estimate of drug-likeness (QED) is 0.249. The van der Waals surface area contributed by atoms with Gasteiger partial charge in [-0.25, -0.2) is 0 Å². The SMILES string of the molecule is CCCCCC(=O)N(Cc1ccc(OC)c(OS(=O)(=O)c2cccc(C(F)(F)F)c2)c1)C(C)CC. The molecule has 10 heteroatoms. The van der Waals surface area contributed by atoms with E-state index in [0.29, 0.717) is 18.1 Å². The van der Waals surface area contributed by atoms with Crippen molar-refractivity contribution in [3.05, 3.63) is 53.6 Å². The van der Waals surface area contributed by atoms with Crippen LogP contribution in [0.2, 0.25) is 0 Å². The molecule has 0 fully saturated rings. The van der Waals surface area contributed by atoms with Gasteiger partial charge in [0.15, 0.2) is 11.5 Å². The lowest BCUT2D eigenvalue weighted by Gasteiger charge is -2.29. The van der Waals surface area contributed by atoms with Crippen molar-refractivity contribution in [2.75, 3.05) is 7.11 Å². The molecule has 2 rings (SSSR count). The molecule has 2 aromatic carbocycles. The number of alkyl halides is 3. The summed E-state index contributed by atoms with van der Waals surface area (Å²) >= 11 is 0. The standard InChI is InChI=1S/C25H32F3NO5S/c1-5-7-8-12-24(30)29(18(3)6-2)17-19-13-14-22(33-4)23(15-19)34-35(31,32)21-11-9-10-20(16-21)25(26,27)28/h9-11,13-16,18H,5-8,12,17H2,1-4H3. The molecule has 1 unspecified atom stereocenters. The first-order valence-corrected chi connectivity index (χ1v) is 12.9. The number of carbonyl (C=O) groups is 1. The average Bonchev–Trinajstić information content (AvgIpc) is 2.81. The minimum absolute atomic E-state index is 0.00248. The monoisotopic (exact) mass is 515 g/mol. The van der Waals surface area contributed by atoms with E-state index in [9.17, 15) is 26.4 Å². The summed E-state index contributed by atoms with van der Waals surface area (Å²) in [4.78, 5) is 13.9. The maximum atomic E-state index is 13.0. The maximum absolute atomic E-state index is 13.0. The van der Waals surface area contributed by atoms with E-state index in [1.807, 2.05) is 13.8 Å². The molecule has 0 saturated heterocycles. The number of amides is 1. The van der Waals surface area contributed by atoms with Crippen LogP contribution in [0.15, 0.2) is 47.4 Å². The molecule has 6 nitrogen and oxygen atoms in total. The van der Waals surface area contributed by atoms with E-state index >= 15 is 0 Å². The van der Waals surface area contributed by atoms with Gasteiger partial charge in [0.2, 0.25) is 5.91 Å². The lowest BCUT2D eigenvalue weighted by molar-refractivity contribution is -0.137. The third-order valence-corrected chi connectivity index (χ3v) is 6.90. The van der Waals surface area contributed by atoms with Crippen LogP contribution in [0.1, 0.15) is 64.0 Å². The molecule has 0 aliphatic heterocycles. The Hall–Kier alpha value is -2.75. The van der Waals surface area contributed by atoms with E-state index in [4.69, 9.17) is 8.92 Å². The van der Waals surface area contributed by atoms with Crippen LogP contribution in [0.25, 0.3) is 0 Å². The molecule has 0 heterocycles. The minimum atomic E-state index is -4.70. The molecule has 0 aliphatic rings. The van der Waals surface area contributed by atoms with Crippen molar-refractivity contribution >= 4 is 16.0 Å². The van der Waals surface area contributed by atoms with E-state index < -0.39 is 26.8 Å². The first kappa shape index (κ1) is 28.5. The van der Waals surface area contributed by atoms with Gasteiger partial charge in [0.1, 0.15) is 4.90 Å². The van der Waals surface area contributed by atoms with Gasteiger partial charge in [-0.05, 0) is 55.7 Å². The van der Waals surface area contributed by atoms with Crippen LogP contribution < -0.4 is 8.92 Å². The number of hydrogen-bond acceptors (Lipinski definition) is 5. The molecule has 0 N–H and O–H groups in total. The number of rotatable bonds is 12. The molecular weight excluding hydrogens is 483 g/mol. The second-order valence-corrected chi connectivity index (χ2v) is 9.83. The predicted octanol–water partition coefficient (Wildman–Crippen LogP) is 6.19. The summed E-state index contributed by atoms with van der Waals surface area (Å²) in [5, 5.41) is 0. The van der Waals surface area contributed by atoms with Crippen molar-refractivity contribution in [3.8, 4) is 11.5 Å². The van der Waals surface area contributed by atoms with Gasteiger partial charge in [-0.15, -0.1) is 0 Å². The summed E-state index contributed by atoms with van der Waals surface area (Å²) < 4.78 is 75.1. The molecule has 0 radical (unpaired) electrons. The van der Waals surface area contributed by atoms with Crippen molar-refractivity contribution in [3.63, 3.8) is 0 Å². The second kappa shape index (κ2) is 12.3. The number of carbonyl (C=O) groups excluding carboxylic acids is 1. The number of methoxy groups -OCH3 is 1. The Balaban J connectivity index is 2.34. The smallest absolute Gasteiger partial charge is 0.416 e. The zero-order valence-electron chi connectivity index (χ0n) is 20.4. The van der Waals surface area contributed by atoms with E-state index in [2.05, 4.69) is 6.92 Å². The number of nitrogens with zero attached hydrogens (tertiary/aromatic N) is 1. The molecule has 1 atom stereocenters. The molecule has 194 valence electrons. The highest BCUT2D eigenvalue weighted by atomic mass is 32.2. The van der Waals surface area contributed by atoms with Crippen molar-refractivity contribution in [2.24, 2.45) is 0 Å². The van der Waals surface area contributed by atoms with Gasteiger partial charge in [0.05, 0.1) is 12.7 Å². The van der Waals surface area contributed by atoms with Crippen LogP contribution >= 0.6 is 0 Å². The van der Waals surface area contributed by atoms with Crippen molar-refractivity contribution < 1.29 is 35.3 Å². The number of ether oxygens (including phenoxy) is 1. The fourth-order valence-corrected chi connectivity index (χ4v) is 4.43. The van der Waals surface area contributed by atoms with Gasteiger partial charge in [0.25, 0.3) is 0 Å². The van der Waals surface area contributed by atoms with Crippen LogP contribution in [0.5, 0.6) is 11.5 Å². The largest absolute Gasteiger partial charge is 0.493 e. The lowest BCUT2D eigenvalue weighted by atomic mass is 10.1. The normalized spacial score (nSPS) is 12.8. The summed E-state index contributed by atoms with van der Waals surface area (Å²) in [5.41, 5.74) is -0.502. The molecular formula is C25H32F3NO5S. The van der Waals surface area contributed by atoms with Crippen LogP contribution in [-0.4, -0.2) is 32.4 Å². The first-order chi connectivity index (χ1) is 16.4. The summed E-state index contributed by atoms with van der Waals surface area (Å²) in [5.74, 6) is -0.0821. The third kappa shape index (κ3) is 7.88. The van der Waals surface area contributed by atoms with Gasteiger partial charge < -0.3 is 13.8 Å². The molecule has 2 aromatic rings. The Bertz CT molecular complexity index is 1100. The number of unbranched alkanes of at least 4 members (excludes halogenated alkanes) is 2. The third-order valence-electron chi connectivity index (χ3n) is 5.67. The zero-order chi connectivity index (χ0) is 26.2. The van der Waals surface area contributed by atoms with E-state index in [1.54, 1.807) is 11.0 Å². The van der Waals surface area contributed by atoms with E-state index in [1.165, 1.54) is 19.2 Å². The van der Waals surface area contributed by atoms with E-state index in [-0.39, 0.29) is 30.0 Å². The van der Waals surface area contributed by atoms with Crippen LogP contribution in [-0.2, 0) is 27.6 Å². The number of hydrogen-bond donors (Lipinski definition) is 0. The topological polar surface area (TPSA) is 72.9 Å². The van der Waals surface area contributed by atoms with Crippen molar-refractivity contribution in [1.29, 1.82) is 0 Å². The fraction of sp³-hybridized carbons (Fsp3) is 0.480. The second-order valence-electron chi connectivity index (χ2n) is 8.28. The van der Waals surface area contributed by atoms with Crippen LogP contribution in [0.3, 0.4) is 0 Å². The molecule has 0 aliphatic carbocycles. The molecule has 0 aromatic heterocycles. The zero-order valence-corrected chi connectivity index (χ0v) is 21.2. The van der Waals surface area contributed by atoms with Gasteiger partial charge >= 0.3 is 16.3 Å². The maximum Gasteiger partial charge on any atom is 0.416 e. The Morgan fingerprint density at radius 3 is 2.37 bits per heavy atom. The minimum Gasteiger partial charge on any atom is -0.493 e. The predicted molar refractivity (Wildman–Crippen MR) is 127 cm³/mol. The number of halogens is 3. The van der Waals surface area contributed by atoms with Crippen LogP contribution in [0.4, 0.5) is 13.2 Å². The molecule has 0 spiro atoms. The highest BCUT2D eigenvalue weighted by molar-refractivity contribution is 7.87. The summed E-state index contributed by atoms with van der Waals surface area (Å²) in [6.45, 7) is 6.20. The summed E-state index contributed by atoms with van der Waals surface area (Å²) in [7, 11) is -3.27. The van der Waals surface area contributed by atoms with Crippen LogP contribution in [0, 0.1) is 0 Å². The van der Waals surface area contributed by atoms with Crippen molar-refractivity contribution in [2.45, 2.75) is 76.5 Å². The lowest BCUT2D eigenvalue weighted by Crippen LogP contribution is -2.37. The van der Waals surface area contributed by atoms with Gasteiger partial charge in [-0.3, -0.25) is 4.79 Å². The van der Waals surface area contributed by atoms with Crippen molar-refractivity contribution in [1.82, 2.24) is 4.90 Å². The highest BCUT2D eigenvalue weighted by Gasteiger charge is 2.32. The Labute approximate surface area is 205 Å². The first-order valence-electron chi connectivity index (χ1n) is 11.5. The number of benzene rings is 2. The molecule has 0 bridgehead atoms. The molecule has 35 heavy (non-hydrogen) atoms. The Morgan fingerprint density at radius 1 is 1.06 bits per heavy atom. The molecule has 0 saturated carbocycles. The molecule has 1 amide bonds. The van der Waals surface area contributed by atoms with E-state index in [0.717, 1.165) is 43.9 Å². The summed E-state index contributed by atoms with van der Waals surface area (Å²) in [6, 6.07) is 7.91. The average molecular weight is 516 g/mol. The summed E-state index contributed by atoms with van der Waals surface area (Å²) in [6.07, 6.45) is -0.810. The Kier molecular flexibility index (Phi) is 10.00. The van der Waals surface area contributed by atoms with Gasteiger partial charge in [-0.2, -0.15) is 21.6 Å². The van der Waals surface area contributed by atoms with Gasteiger partial charge in [-0.1, -0.05) is 38.8 Å². The highest BCUT2D eigenvalue weighted by Crippen LogP contribution is 2.34. The Morgan fingerprint density at radius 2 is 1.77 bits per heavy atom.